The van der Waals surface area contributed by atoms with Crippen LogP contribution in [0.2, 0.25) is 0 Å². The van der Waals surface area contributed by atoms with E-state index >= 15 is 0 Å². The normalized spacial score (nSPS) is 32.8. The average molecular weight is 294 g/mol. The molecule has 0 spiro atoms. The zero-order valence-corrected chi connectivity index (χ0v) is 8.69. The lowest BCUT2D eigenvalue weighted by Crippen LogP contribution is -2.47. The van der Waals surface area contributed by atoms with Crippen LogP contribution in [0.4, 0.5) is 13.2 Å². The van der Waals surface area contributed by atoms with Crippen LogP contribution in [0.1, 0.15) is 6.92 Å². The van der Waals surface area contributed by atoms with Crippen molar-refractivity contribution in [2.45, 2.75) is 23.1 Å². The molecule has 72 valence electrons. The molecule has 1 aliphatic heterocycles. The Kier molecular flexibility index (Phi) is 3.21. The van der Waals surface area contributed by atoms with E-state index in [0.29, 0.717) is 13.1 Å². The van der Waals surface area contributed by atoms with Gasteiger partial charge in [0.05, 0.1) is 3.92 Å². The Hall–Kier alpha value is 0.440. The second-order valence-corrected chi connectivity index (χ2v) is 4.25. The Bertz CT molecular complexity index is 161. The van der Waals surface area contributed by atoms with Gasteiger partial charge >= 0.3 is 6.18 Å². The van der Waals surface area contributed by atoms with Crippen LogP contribution in [-0.4, -0.2) is 34.2 Å². The predicted octanol–water partition coefficient (Wildman–Crippen LogP) is 1.56. The molecule has 1 saturated heterocycles. The molecule has 0 radical (unpaired) electrons. The summed E-state index contributed by atoms with van der Waals surface area (Å²) in [6.45, 7) is 2.49. The van der Waals surface area contributed by atoms with Gasteiger partial charge in [0, 0.05) is 13.1 Å². The maximum Gasteiger partial charge on any atom is 0.406 e. The molecule has 2 atom stereocenters. The third-order valence-corrected chi connectivity index (χ3v) is 2.97. The van der Waals surface area contributed by atoms with Gasteiger partial charge in [-0.15, -0.1) is 0 Å². The molecule has 1 rings (SSSR count). The topological polar surface area (TPSA) is 15.3 Å². The van der Waals surface area contributed by atoms with Crippen LogP contribution in [0, 0.1) is 0 Å². The maximum atomic E-state index is 12.4. The van der Waals surface area contributed by atoms with Gasteiger partial charge in [0.25, 0.3) is 0 Å². The first-order valence-electron chi connectivity index (χ1n) is 3.67. The van der Waals surface area contributed by atoms with Crippen LogP contribution in [0.25, 0.3) is 0 Å². The fourth-order valence-corrected chi connectivity index (χ4v) is 2.29. The quantitative estimate of drug-likeness (QED) is 0.583. The smallest absolute Gasteiger partial charge is 0.253 e. The van der Waals surface area contributed by atoms with Gasteiger partial charge in [-0.1, -0.05) is 29.5 Å². The van der Waals surface area contributed by atoms with E-state index in [0.717, 1.165) is 0 Å². The number of hydrogen-bond donors (Lipinski definition) is 1. The van der Waals surface area contributed by atoms with E-state index < -0.39 is 12.2 Å². The van der Waals surface area contributed by atoms with E-state index in [4.69, 9.17) is 0 Å². The van der Waals surface area contributed by atoms with E-state index in [1.54, 1.807) is 6.92 Å². The van der Waals surface area contributed by atoms with Gasteiger partial charge in [0.1, 0.15) is 6.04 Å². The third-order valence-electron chi connectivity index (χ3n) is 1.84. The standard InChI is InChI=1S/C6H10F3IN2/c1-2-12-5(6(7,8)9)4(10)3-11-12/h4-5,11H,2-3H2,1H3. The van der Waals surface area contributed by atoms with Gasteiger partial charge in [-0.2, -0.15) is 13.2 Å². The van der Waals surface area contributed by atoms with Crippen molar-refractivity contribution in [3.8, 4) is 0 Å². The van der Waals surface area contributed by atoms with Crippen LogP contribution < -0.4 is 5.43 Å². The fourth-order valence-electron chi connectivity index (χ4n) is 1.30. The van der Waals surface area contributed by atoms with Crippen molar-refractivity contribution < 1.29 is 13.2 Å². The summed E-state index contributed by atoms with van der Waals surface area (Å²) in [4.78, 5) is 0. The van der Waals surface area contributed by atoms with Crippen molar-refractivity contribution in [1.29, 1.82) is 0 Å². The van der Waals surface area contributed by atoms with Crippen molar-refractivity contribution in [2.24, 2.45) is 0 Å². The van der Waals surface area contributed by atoms with Crippen LogP contribution in [0.3, 0.4) is 0 Å². The predicted molar refractivity (Wildman–Crippen MR) is 48.0 cm³/mol. The van der Waals surface area contributed by atoms with Crippen molar-refractivity contribution in [3.05, 3.63) is 0 Å². The Morgan fingerprint density at radius 2 is 2.17 bits per heavy atom. The monoisotopic (exact) mass is 294 g/mol. The van der Waals surface area contributed by atoms with Gasteiger partial charge in [-0.05, 0) is 0 Å². The number of alkyl halides is 4. The molecular weight excluding hydrogens is 284 g/mol. The average Bonchev–Trinajstić information content (AvgIpc) is 2.29. The van der Waals surface area contributed by atoms with Gasteiger partial charge < -0.3 is 0 Å². The number of hydrogen-bond acceptors (Lipinski definition) is 2. The molecule has 2 unspecified atom stereocenters. The summed E-state index contributed by atoms with van der Waals surface area (Å²) in [5, 5.41) is 1.25. The minimum absolute atomic E-state index is 0.379. The SMILES string of the molecule is CCN1NCC(I)C1C(F)(F)F. The van der Waals surface area contributed by atoms with Gasteiger partial charge in [-0.3, -0.25) is 5.43 Å². The van der Waals surface area contributed by atoms with Gasteiger partial charge in [0.2, 0.25) is 0 Å². The lowest BCUT2D eigenvalue weighted by molar-refractivity contribution is -0.177. The largest absolute Gasteiger partial charge is 0.406 e. The molecule has 0 aliphatic carbocycles. The molecule has 0 bridgehead atoms. The Labute approximate surface area is 82.6 Å². The molecule has 2 nitrogen and oxygen atoms in total. The molecular formula is C6H10F3IN2. The summed E-state index contributed by atoms with van der Waals surface area (Å²) < 4.78 is 36.7. The molecule has 1 aliphatic rings. The van der Waals surface area contributed by atoms with Crippen LogP contribution in [0.15, 0.2) is 0 Å². The van der Waals surface area contributed by atoms with Crippen molar-refractivity contribution in [1.82, 2.24) is 10.4 Å². The molecule has 0 aromatic heterocycles. The number of nitrogens with zero attached hydrogens (tertiary/aromatic N) is 1. The van der Waals surface area contributed by atoms with E-state index in [2.05, 4.69) is 5.43 Å². The van der Waals surface area contributed by atoms with Crippen LogP contribution in [-0.2, 0) is 0 Å². The first kappa shape index (κ1) is 10.5. The Morgan fingerprint density at radius 3 is 2.50 bits per heavy atom. The zero-order chi connectivity index (χ0) is 9.35. The maximum absolute atomic E-state index is 12.4. The van der Waals surface area contributed by atoms with E-state index in [-0.39, 0.29) is 3.92 Å². The van der Waals surface area contributed by atoms with Crippen molar-refractivity contribution >= 4 is 22.6 Å². The number of hydrazine groups is 1. The first-order chi connectivity index (χ1) is 5.46. The summed E-state index contributed by atoms with van der Waals surface area (Å²) in [7, 11) is 0. The lowest BCUT2D eigenvalue weighted by atomic mass is 10.2. The van der Waals surface area contributed by atoms with Crippen molar-refractivity contribution in [3.63, 3.8) is 0 Å². The zero-order valence-electron chi connectivity index (χ0n) is 6.53. The first-order valence-corrected chi connectivity index (χ1v) is 4.92. The van der Waals surface area contributed by atoms with Crippen LogP contribution >= 0.6 is 22.6 Å². The second kappa shape index (κ2) is 3.67. The summed E-state index contributed by atoms with van der Waals surface area (Å²) >= 11 is 1.83. The van der Waals surface area contributed by atoms with Gasteiger partial charge in [0.15, 0.2) is 0 Å². The number of nitrogens with one attached hydrogen (secondary N) is 1. The molecule has 1 heterocycles. The van der Waals surface area contributed by atoms with Crippen molar-refractivity contribution in [2.75, 3.05) is 13.1 Å². The lowest BCUT2D eigenvalue weighted by Gasteiger charge is -2.25. The summed E-state index contributed by atoms with van der Waals surface area (Å²) in [6.07, 6.45) is -4.12. The highest BCUT2D eigenvalue weighted by Gasteiger charge is 2.50. The third kappa shape index (κ3) is 2.02. The summed E-state index contributed by atoms with van der Waals surface area (Å²) in [5.41, 5.74) is 2.72. The van der Waals surface area contributed by atoms with Crippen LogP contribution in [0.5, 0.6) is 0 Å². The molecule has 0 aromatic rings. The second-order valence-electron chi connectivity index (χ2n) is 2.65. The van der Waals surface area contributed by atoms with Gasteiger partial charge in [-0.25, -0.2) is 5.01 Å². The number of rotatable bonds is 1. The highest BCUT2D eigenvalue weighted by molar-refractivity contribution is 14.1. The Balaban J connectivity index is 2.70. The summed E-state index contributed by atoms with van der Waals surface area (Å²) in [5.74, 6) is 0. The van der Waals surface area contributed by atoms with E-state index in [9.17, 15) is 13.2 Å². The highest BCUT2D eigenvalue weighted by Crippen LogP contribution is 2.32. The molecule has 0 saturated carbocycles. The molecule has 12 heavy (non-hydrogen) atoms. The van der Waals surface area contributed by atoms with E-state index in [1.165, 1.54) is 5.01 Å². The molecule has 0 aromatic carbocycles. The molecule has 1 N–H and O–H groups in total. The fraction of sp³-hybridized carbons (Fsp3) is 1.00. The Morgan fingerprint density at radius 1 is 1.58 bits per heavy atom. The summed E-state index contributed by atoms with van der Waals surface area (Å²) in [6, 6.07) is -1.33. The van der Waals surface area contributed by atoms with E-state index in [1.807, 2.05) is 22.6 Å². The highest BCUT2D eigenvalue weighted by atomic mass is 127. The minimum Gasteiger partial charge on any atom is -0.253 e. The molecule has 0 amide bonds. The number of halogens is 4. The molecule has 6 heteroatoms. The minimum atomic E-state index is -4.12. The molecule has 1 fully saturated rings.